The number of nitrogens with one attached hydrogen (secondary N) is 1. The summed E-state index contributed by atoms with van der Waals surface area (Å²) >= 11 is 1.74. The Morgan fingerprint density at radius 1 is 1.31 bits per heavy atom. The van der Waals surface area contributed by atoms with E-state index in [4.69, 9.17) is 4.98 Å². The molecule has 0 saturated carbocycles. The fraction of sp³-hybridized carbons (Fsp3) is 0.333. The van der Waals surface area contributed by atoms with Crippen molar-refractivity contribution in [3.63, 3.8) is 0 Å². The number of aromatic nitrogens is 2. The van der Waals surface area contributed by atoms with Crippen LogP contribution >= 0.6 is 11.3 Å². The van der Waals surface area contributed by atoms with Crippen LogP contribution in [-0.2, 0) is 6.42 Å². The number of hydrogen-bond donors (Lipinski definition) is 1. The maximum Gasteiger partial charge on any atom is 0.127 e. The third-order valence-corrected chi connectivity index (χ3v) is 3.84. The molecule has 1 aliphatic rings. The molecule has 2 aromatic rings. The van der Waals surface area contributed by atoms with Gasteiger partial charge in [0.2, 0.25) is 0 Å². The quantitative estimate of drug-likeness (QED) is 0.820. The standard InChI is InChI=1S/C12H13N3S/c1-2-7-14-12-10(5-1)15-11(16-12)9-4-3-6-13-8-9/h3-4,6,8,14H,1-2,5,7H2. The van der Waals surface area contributed by atoms with Crippen molar-refractivity contribution in [1.29, 1.82) is 0 Å². The van der Waals surface area contributed by atoms with Gasteiger partial charge >= 0.3 is 0 Å². The van der Waals surface area contributed by atoms with Gasteiger partial charge in [0.15, 0.2) is 0 Å². The van der Waals surface area contributed by atoms with E-state index in [1.54, 1.807) is 17.5 Å². The van der Waals surface area contributed by atoms with Crippen LogP contribution < -0.4 is 5.32 Å². The first-order valence-electron chi connectivity index (χ1n) is 5.57. The molecule has 1 aliphatic heterocycles. The van der Waals surface area contributed by atoms with Gasteiger partial charge in [-0.1, -0.05) is 11.3 Å². The minimum absolute atomic E-state index is 1.07. The zero-order chi connectivity index (χ0) is 10.8. The van der Waals surface area contributed by atoms with Crippen molar-refractivity contribution in [3.05, 3.63) is 30.2 Å². The average Bonchev–Trinajstić information content (AvgIpc) is 2.62. The van der Waals surface area contributed by atoms with Crippen molar-refractivity contribution in [1.82, 2.24) is 9.97 Å². The minimum Gasteiger partial charge on any atom is -0.375 e. The molecule has 3 nitrogen and oxygen atoms in total. The Bertz CT molecular complexity index is 455. The lowest BCUT2D eigenvalue weighted by atomic mass is 10.2. The lowest BCUT2D eigenvalue weighted by molar-refractivity contribution is 0.775. The number of fused-ring (bicyclic) bond motifs is 1. The van der Waals surface area contributed by atoms with Gasteiger partial charge in [-0.25, -0.2) is 4.98 Å². The summed E-state index contributed by atoms with van der Waals surface area (Å²) in [4.78, 5) is 8.83. The number of anilines is 1. The summed E-state index contributed by atoms with van der Waals surface area (Å²) in [6, 6.07) is 4.01. The first kappa shape index (κ1) is 9.78. The Hall–Kier alpha value is -1.42. The first-order chi connectivity index (χ1) is 7.93. The van der Waals surface area contributed by atoms with E-state index in [0.717, 1.165) is 23.5 Å². The van der Waals surface area contributed by atoms with Crippen LogP contribution in [0.25, 0.3) is 10.6 Å². The van der Waals surface area contributed by atoms with Crippen LogP contribution in [0.15, 0.2) is 24.5 Å². The molecule has 82 valence electrons. The van der Waals surface area contributed by atoms with E-state index < -0.39 is 0 Å². The molecule has 1 N–H and O–H groups in total. The molecule has 0 fully saturated rings. The summed E-state index contributed by atoms with van der Waals surface area (Å²) in [5.41, 5.74) is 2.34. The van der Waals surface area contributed by atoms with Crippen molar-refractivity contribution in [2.75, 3.05) is 11.9 Å². The molecule has 0 spiro atoms. The predicted octanol–water partition coefficient (Wildman–Crippen LogP) is 2.95. The molecule has 3 heterocycles. The maximum absolute atomic E-state index is 4.70. The van der Waals surface area contributed by atoms with Crippen molar-refractivity contribution in [2.24, 2.45) is 0 Å². The molecule has 0 aromatic carbocycles. The van der Waals surface area contributed by atoms with E-state index in [1.807, 2.05) is 12.3 Å². The van der Waals surface area contributed by atoms with Crippen LogP contribution in [0.2, 0.25) is 0 Å². The number of nitrogens with zero attached hydrogens (tertiary/aromatic N) is 2. The van der Waals surface area contributed by atoms with Gasteiger partial charge in [-0.2, -0.15) is 0 Å². The lowest BCUT2D eigenvalue weighted by Crippen LogP contribution is -1.96. The molecular weight excluding hydrogens is 218 g/mol. The monoisotopic (exact) mass is 231 g/mol. The van der Waals surface area contributed by atoms with Crippen molar-refractivity contribution < 1.29 is 0 Å². The third kappa shape index (κ3) is 1.80. The Balaban J connectivity index is 1.98. The SMILES string of the molecule is c1cncc(-c2nc3c(s2)NCCCC3)c1. The van der Waals surface area contributed by atoms with E-state index in [1.165, 1.54) is 23.5 Å². The van der Waals surface area contributed by atoms with E-state index in [-0.39, 0.29) is 0 Å². The largest absolute Gasteiger partial charge is 0.375 e. The van der Waals surface area contributed by atoms with Gasteiger partial charge in [-0.05, 0) is 31.4 Å². The number of thiazole rings is 1. The van der Waals surface area contributed by atoms with Gasteiger partial charge in [0.25, 0.3) is 0 Å². The Kier molecular flexibility index (Phi) is 2.58. The van der Waals surface area contributed by atoms with Crippen LogP contribution in [0.1, 0.15) is 18.5 Å². The predicted molar refractivity (Wildman–Crippen MR) is 66.8 cm³/mol. The maximum atomic E-state index is 4.70. The van der Waals surface area contributed by atoms with Crippen LogP contribution in [0.4, 0.5) is 5.00 Å². The topological polar surface area (TPSA) is 37.8 Å². The molecule has 0 radical (unpaired) electrons. The number of aryl methyl sites for hydroxylation is 1. The molecule has 0 bridgehead atoms. The molecule has 2 aromatic heterocycles. The third-order valence-electron chi connectivity index (χ3n) is 2.73. The van der Waals surface area contributed by atoms with Crippen molar-refractivity contribution >= 4 is 16.3 Å². The summed E-state index contributed by atoms with van der Waals surface area (Å²) < 4.78 is 0. The fourth-order valence-electron chi connectivity index (χ4n) is 1.89. The Morgan fingerprint density at radius 2 is 2.31 bits per heavy atom. The van der Waals surface area contributed by atoms with Crippen LogP contribution in [0, 0.1) is 0 Å². The zero-order valence-corrected chi connectivity index (χ0v) is 9.76. The van der Waals surface area contributed by atoms with Gasteiger partial charge in [0.05, 0.1) is 5.69 Å². The van der Waals surface area contributed by atoms with E-state index >= 15 is 0 Å². The second-order valence-corrected chi connectivity index (χ2v) is 4.92. The Labute approximate surface area is 98.6 Å². The summed E-state index contributed by atoms with van der Waals surface area (Å²) in [5, 5.41) is 5.77. The second kappa shape index (κ2) is 4.22. The highest BCUT2D eigenvalue weighted by atomic mass is 32.1. The summed E-state index contributed by atoms with van der Waals surface area (Å²) in [6.45, 7) is 1.07. The molecule has 3 rings (SSSR count). The average molecular weight is 231 g/mol. The van der Waals surface area contributed by atoms with Gasteiger partial charge in [0.1, 0.15) is 10.0 Å². The molecule has 0 saturated heterocycles. The fourth-order valence-corrected chi connectivity index (χ4v) is 2.92. The van der Waals surface area contributed by atoms with Gasteiger partial charge in [0, 0.05) is 24.5 Å². The van der Waals surface area contributed by atoms with Crippen LogP contribution in [0.5, 0.6) is 0 Å². The number of rotatable bonds is 1. The molecule has 16 heavy (non-hydrogen) atoms. The molecular formula is C12H13N3S. The van der Waals surface area contributed by atoms with E-state index in [2.05, 4.69) is 16.4 Å². The minimum atomic E-state index is 1.07. The van der Waals surface area contributed by atoms with Crippen molar-refractivity contribution in [3.8, 4) is 10.6 Å². The normalized spacial score (nSPS) is 15.0. The second-order valence-electron chi connectivity index (χ2n) is 3.92. The summed E-state index contributed by atoms with van der Waals surface area (Å²) in [6.07, 6.45) is 7.24. The van der Waals surface area contributed by atoms with Crippen molar-refractivity contribution in [2.45, 2.75) is 19.3 Å². The molecule has 4 heteroatoms. The molecule has 0 unspecified atom stereocenters. The molecule has 0 amide bonds. The van der Waals surface area contributed by atoms with Gasteiger partial charge in [-0.15, -0.1) is 0 Å². The molecule has 0 atom stereocenters. The number of pyridine rings is 1. The van der Waals surface area contributed by atoms with E-state index in [0.29, 0.717) is 0 Å². The number of hydrogen-bond acceptors (Lipinski definition) is 4. The van der Waals surface area contributed by atoms with Crippen LogP contribution in [0.3, 0.4) is 0 Å². The first-order valence-corrected chi connectivity index (χ1v) is 6.39. The highest BCUT2D eigenvalue weighted by Crippen LogP contribution is 2.33. The molecule has 0 aliphatic carbocycles. The van der Waals surface area contributed by atoms with Gasteiger partial charge in [-0.3, -0.25) is 4.98 Å². The highest BCUT2D eigenvalue weighted by Gasteiger charge is 2.14. The smallest absolute Gasteiger partial charge is 0.127 e. The Morgan fingerprint density at radius 3 is 3.19 bits per heavy atom. The summed E-state index contributed by atoms with van der Waals surface area (Å²) in [5.74, 6) is 0. The summed E-state index contributed by atoms with van der Waals surface area (Å²) in [7, 11) is 0. The lowest BCUT2D eigenvalue weighted by Gasteiger charge is -1.97. The zero-order valence-electron chi connectivity index (χ0n) is 8.94. The van der Waals surface area contributed by atoms with Crippen LogP contribution in [-0.4, -0.2) is 16.5 Å². The van der Waals surface area contributed by atoms with Gasteiger partial charge < -0.3 is 5.32 Å². The van der Waals surface area contributed by atoms with E-state index in [9.17, 15) is 0 Å². The highest BCUT2D eigenvalue weighted by molar-refractivity contribution is 7.19.